The van der Waals surface area contributed by atoms with Gasteiger partial charge in [0.15, 0.2) is 5.78 Å². The number of hydrogen-bond acceptors (Lipinski definition) is 3. The minimum Gasteiger partial charge on any atom is -0.387 e. The summed E-state index contributed by atoms with van der Waals surface area (Å²) in [4.78, 5) is 26.2. The molecule has 0 spiro atoms. The standard InChI is InChI=1S/C32H50N2O2/c1-31-18-16-26-24(20-33-28-19-23(35)15-17-32(26,28)2)25(31)13-14-27(31)30(36)34-29(21-9-5-3-6-10-21)22-11-7-4-8-12-22/h19,21-22,24-27,29,33H,3-18,20H2,1-2H3,(H,34,36)/t24?,25?,26?,27-,31+,32-/m1/s1. The Morgan fingerprint density at radius 1 is 0.889 bits per heavy atom. The molecule has 0 aromatic heterocycles. The maximum atomic E-state index is 14.1. The van der Waals surface area contributed by atoms with Crippen molar-refractivity contribution in [3.05, 3.63) is 11.8 Å². The van der Waals surface area contributed by atoms with E-state index in [2.05, 4.69) is 24.5 Å². The van der Waals surface area contributed by atoms with Gasteiger partial charge in [0.1, 0.15) is 0 Å². The third-order valence-electron chi connectivity index (χ3n) is 12.5. The molecule has 6 rings (SSSR count). The van der Waals surface area contributed by atoms with E-state index < -0.39 is 0 Å². The van der Waals surface area contributed by atoms with Crippen LogP contribution in [0.5, 0.6) is 0 Å². The molecule has 1 saturated heterocycles. The Bertz CT molecular complexity index is 867. The number of hydrogen-bond donors (Lipinski definition) is 2. The molecular weight excluding hydrogens is 444 g/mol. The van der Waals surface area contributed by atoms with Gasteiger partial charge in [-0.25, -0.2) is 0 Å². The molecule has 0 aromatic carbocycles. The van der Waals surface area contributed by atoms with Gasteiger partial charge >= 0.3 is 0 Å². The van der Waals surface area contributed by atoms with Gasteiger partial charge in [0.05, 0.1) is 0 Å². The molecular formula is C32H50N2O2. The van der Waals surface area contributed by atoms with Gasteiger partial charge < -0.3 is 10.6 Å². The molecule has 6 atom stereocenters. The zero-order valence-corrected chi connectivity index (χ0v) is 23.0. The van der Waals surface area contributed by atoms with Crippen LogP contribution in [0.15, 0.2) is 11.8 Å². The molecule has 0 bridgehead atoms. The van der Waals surface area contributed by atoms with Crippen molar-refractivity contribution in [2.24, 2.45) is 46.3 Å². The lowest BCUT2D eigenvalue weighted by atomic mass is 9.50. The Labute approximate surface area is 219 Å². The SMILES string of the molecule is C[C@]12CCC(=O)C=C1NCC1C2CC[C@@]2(C)C1CC[C@@H]2C(=O)NC(C1CCCCC1)C1CCCCC1. The van der Waals surface area contributed by atoms with Crippen LogP contribution in [0.3, 0.4) is 0 Å². The number of amides is 1. The van der Waals surface area contributed by atoms with Crippen molar-refractivity contribution in [3.8, 4) is 0 Å². The maximum absolute atomic E-state index is 14.1. The smallest absolute Gasteiger partial charge is 0.223 e. The summed E-state index contributed by atoms with van der Waals surface area (Å²) < 4.78 is 0. The van der Waals surface area contributed by atoms with Gasteiger partial charge in [-0.2, -0.15) is 0 Å². The topological polar surface area (TPSA) is 58.2 Å². The molecule has 36 heavy (non-hydrogen) atoms. The van der Waals surface area contributed by atoms with Crippen LogP contribution in [0.2, 0.25) is 0 Å². The third-order valence-corrected chi connectivity index (χ3v) is 12.5. The Kier molecular flexibility index (Phi) is 6.78. The van der Waals surface area contributed by atoms with Crippen LogP contribution >= 0.6 is 0 Å². The fourth-order valence-corrected chi connectivity index (χ4v) is 10.4. The average Bonchev–Trinajstić information content (AvgIpc) is 3.26. The van der Waals surface area contributed by atoms with Crippen molar-refractivity contribution in [2.75, 3.05) is 6.54 Å². The fraction of sp³-hybridized carbons (Fsp3) is 0.875. The van der Waals surface area contributed by atoms with Crippen LogP contribution < -0.4 is 10.6 Å². The highest BCUT2D eigenvalue weighted by Gasteiger charge is 2.60. The Morgan fingerprint density at radius 2 is 1.56 bits per heavy atom. The molecule has 0 aromatic rings. The lowest BCUT2D eigenvalue weighted by molar-refractivity contribution is -0.134. The highest BCUT2D eigenvalue weighted by molar-refractivity contribution is 5.91. The first-order chi connectivity index (χ1) is 17.4. The van der Waals surface area contributed by atoms with E-state index in [0.29, 0.717) is 48.0 Å². The van der Waals surface area contributed by atoms with Crippen LogP contribution in [0.25, 0.3) is 0 Å². The molecule has 3 unspecified atom stereocenters. The second kappa shape index (κ2) is 9.77. The highest BCUT2D eigenvalue weighted by Crippen LogP contribution is 2.64. The molecule has 6 aliphatic rings. The number of piperidine rings is 1. The van der Waals surface area contributed by atoms with Crippen LogP contribution in [-0.2, 0) is 9.59 Å². The van der Waals surface area contributed by atoms with Gasteiger partial charge in [0, 0.05) is 42.1 Å². The van der Waals surface area contributed by atoms with Crippen molar-refractivity contribution in [3.63, 3.8) is 0 Å². The maximum Gasteiger partial charge on any atom is 0.223 e. The van der Waals surface area contributed by atoms with E-state index in [9.17, 15) is 9.59 Å². The first-order valence-electron chi connectivity index (χ1n) is 15.7. The zero-order chi connectivity index (χ0) is 24.9. The quantitative estimate of drug-likeness (QED) is 0.466. The Morgan fingerprint density at radius 3 is 2.22 bits per heavy atom. The monoisotopic (exact) mass is 494 g/mol. The van der Waals surface area contributed by atoms with Crippen molar-refractivity contribution >= 4 is 11.7 Å². The van der Waals surface area contributed by atoms with Crippen molar-refractivity contribution in [1.29, 1.82) is 0 Å². The summed E-state index contributed by atoms with van der Waals surface area (Å²) in [5.41, 5.74) is 1.45. The summed E-state index contributed by atoms with van der Waals surface area (Å²) >= 11 is 0. The Hall–Kier alpha value is -1.32. The van der Waals surface area contributed by atoms with Crippen molar-refractivity contribution in [1.82, 2.24) is 10.6 Å². The van der Waals surface area contributed by atoms with Gasteiger partial charge in [-0.05, 0) is 92.8 Å². The molecule has 5 aliphatic carbocycles. The molecule has 1 aliphatic heterocycles. The van der Waals surface area contributed by atoms with E-state index in [1.807, 2.05) is 6.08 Å². The lowest BCUT2D eigenvalue weighted by Crippen LogP contribution is -2.58. The summed E-state index contributed by atoms with van der Waals surface area (Å²) in [5, 5.41) is 7.51. The molecule has 1 heterocycles. The first kappa shape index (κ1) is 25.0. The van der Waals surface area contributed by atoms with Crippen molar-refractivity contribution < 1.29 is 9.59 Å². The van der Waals surface area contributed by atoms with E-state index >= 15 is 0 Å². The van der Waals surface area contributed by atoms with Gasteiger partial charge in [0.25, 0.3) is 0 Å². The van der Waals surface area contributed by atoms with Crippen molar-refractivity contribution in [2.45, 2.75) is 123 Å². The van der Waals surface area contributed by atoms with Crippen LogP contribution in [0.1, 0.15) is 117 Å². The minimum absolute atomic E-state index is 0.117. The zero-order valence-electron chi connectivity index (χ0n) is 23.0. The summed E-state index contributed by atoms with van der Waals surface area (Å²) in [7, 11) is 0. The van der Waals surface area contributed by atoms with E-state index in [-0.39, 0.29) is 22.5 Å². The average molecular weight is 495 g/mol. The summed E-state index contributed by atoms with van der Waals surface area (Å²) in [6, 6.07) is 0.416. The molecule has 2 N–H and O–H groups in total. The van der Waals surface area contributed by atoms with Gasteiger partial charge in [-0.15, -0.1) is 0 Å². The molecule has 1 amide bonds. The summed E-state index contributed by atoms with van der Waals surface area (Å²) in [6.45, 7) is 5.87. The fourth-order valence-electron chi connectivity index (χ4n) is 10.4. The minimum atomic E-state index is 0.117. The van der Waals surface area contributed by atoms with Gasteiger partial charge in [-0.3, -0.25) is 9.59 Å². The molecule has 200 valence electrons. The molecule has 0 radical (unpaired) electrons. The lowest BCUT2D eigenvalue weighted by Gasteiger charge is -2.58. The number of nitrogens with one attached hydrogen (secondary N) is 2. The van der Waals surface area contributed by atoms with E-state index in [4.69, 9.17) is 0 Å². The van der Waals surface area contributed by atoms with E-state index in [1.165, 1.54) is 89.2 Å². The number of ketones is 1. The number of fused-ring (bicyclic) bond motifs is 5. The predicted molar refractivity (Wildman–Crippen MR) is 144 cm³/mol. The third kappa shape index (κ3) is 4.17. The first-order valence-corrected chi connectivity index (χ1v) is 15.7. The molecule has 5 fully saturated rings. The molecule has 4 nitrogen and oxygen atoms in total. The number of carbonyl (C=O) groups excluding carboxylic acids is 2. The van der Waals surface area contributed by atoms with Crippen LogP contribution in [0.4, 0.5) is 0 Å². The second-order valence-corrected chi connectivity index (χ2v) is 14.2. The largest absolute Gasteiger partial charge is 0.387 e. The Balaban J connectivity index is 1.19. The van der Waals surface area contributed by atoms with Crippen LogP contribution in [-0.4, -0.2) is 24.3 Å². The molecule has 4 heteroatoms. The summed E-state index contributed by atoms with van der Waals surface area (Å²) in [6.07, 6.45) is 21.7. The predicted octanol–water partition coefficient (Wildman–Crippen LogP) is 6.55. The number of allylic oxidation sites excluding steroid dienone is 2. The van der Waals surface area contributed by atoms with Gasteiger partial charge in [0.2, 0.25) is 5.91 Å². The van der Waals surface area contributed by atoms with E-state index in [1.54, 1.807) is 0 Å². The molecule has 4 saturated carbocycles. The second-order valence-electron chi connectivity index (χ2n) is 14.2. The normalized spacial score (nSPS) is 41.6. The highest BCUT2D eigenvalue weighted by atomic mass is 16.2. The van der Waals surface area contributed by atoms with Gasteiger partial charge in [-0.1, -0.05) is 52.4 Å². The number of carbonyl (C=O) groups is 2. The van der Waals surface area contributed by atoms with E-state index in [0.717, 1.165) is 19.4 Å². The van der Waals surface area contributed by atoms with Crippen LogP contribution in [0, 0.1) is 46.3 Å². The number of rotatable bonds is 4. The summed E-state index contributed by atoms with van der Waals surface area (Å²) in [5.74, 6) is 4.17.